The molecule has 0 atom stereocenters. The Morgan fingerprint density at radius 2 is 1.85 bits per heavy atom. The van der Waals surface area contributed by atoms with Gasteiger partial charge in [-0.25, -0.2) is 9.18 Å². The van der Waals surface area contributed by atoms with Gasteiger partial charge in [0, 0.05) is 19.6 Å². The lowest BCUT2D eigenvalue weighted by Crippen LogP contribution is -2.52. The van der Waals surface area contributed by atoms with Crippen molar-refractivity contribution >= 4 is 22.7 Å². The smallest absolute Gasteiger partial charge is 0.329 e. The van der Waals surface area contributed by atoms with Crippen molar-refractivity contribution in [2.75, 3.05) is 26.2 Å². The molecule has 1 fully saturated rings. The van der Waals surface area contributed by atoms with E-state index in [0.717, 1.165) is 19.3 Å². The topological polar surface area (TPSA) is 95.5 Å². The lowest BCUT2D eigenvalue weighted by atomic mass is 10.1. The van der Waals surface area contributed by atoms with Crippen LogP contribution in [0, 0.1) is 5.82 Å². The first-order chi connectivity index (χ1) is 16.4. The highest BCUT2D eigenvalue weighted by Gasteiger charge is 2.28. The van der Waals surface area contributed by atoms with Gasteiger partial charge >= 0.3 is 5.69 Å². The van der Waals surface area contributed by atoms with Crippen LogP contribution in [0.15, 0.2) is 52.1 Å². The molecule has 0 bridgehead atoms. The number of amides is 2. The van der Waals surface area contributed by atoms with E-state index >= 15 is 0 Å². The van der Waals surface area contributed by atoms with Gasteiger partial charge < -0.3 is 9.80 Å². The molecule has 1 aliphatic rings. The average Bonchev–Trinajstić information content (AvgIpc) is 2.83. The normalized spacial score (nSPS) is 14.1. The third-order valence-corrected chi connectivity index (χ3v) is 6.14. The van der Waals surface area contributed by atoms with Crippen LogP contribution in [0.3, 0.4) is 0 Å². The molecule has 1 saturated heterocycles. The minimum Gasteiger partial charge on any atom is -0.339 e. The van der Waals surface area contributed by atoms with Gasteiger partial charge in [0.05, 0.1) is 23.0 Å². The summed E-state index contributed by atoms with van der Waals surface area (Å²) < 4.78 is 16.0. The van der Waals surface area contributed by atoms with Gasteiger partial charge in [0.2, 0.25) is 5.91 Å². The molecule has 1 N–H and O–H groups in total. The minimum absolute atomic E-state index is 0.0425. The van der Waals surface area contributed by atoms with Crippen LogP contribution in [0.25, 0.3) is 10.9 Å². The van der Waals surface area contributed by atoms with Crippen molar-refractivity contribution < 1.29 is 14.0 Å². The van der Waals surface area contributed by atoms with Crippen molar-refractivity contribution in [3.63, 3.8) is 0 Å². The number of carbonyl (C=O) groups is 2. The fourth-order valence-electron chi connectivity index (χ4n) is 4.26. The first kappa shape index (κ1) is 23.4. The van der Waals surface area contributed by atoms with Crippen molar-refractivity contribution in [3.8, 4) is 0 Å². The van der Waals surface area contributed by atoms with Gasteiger partial charge in [-0.3, -0.25) is 23.9 Å². The number of fused-ring (bicyclic) bond motifs is 1. The van der Waals surface area contributed by atoms with Crippen LogP contribution >= 0.6 is 0 Å². The predicted molar refractivity (Wildman–Crippen MR) is 126 cm³/mol. The van der Waals surface area contributed by atoms with Gasteiger partial charge in [-0.05, 0) is 36.2 Å². The molecule has 0 spiro atoms. The molecule has 8 nitrogen and oxygen atoms in total. The summed E-state index contributed by atoms with van der Waals surface area (Å²) in [6, 6.07) is 10.8. The van der Waals surface area contributed by atoms with Crippen LogP contribution in [0.4, 0.5) is 4.39 Å². The van der Waals surface area contributed by atoms with Gasteiger partial charge in [0.1, 0.15) is 12.4 Å². The molecule has 2 heterocycles. The van der Waals surface area contributed by atoms with Crippen LogP contribution in [0.2, 0.25) is 0 Å². The van der Waals surface area contributed by atoms with Gasteiger partial charge in [0.15, 0.2) is 0 Å². The van der Waals surface area contributed by atoms with Crippen LogP contribution in [0.1, 0.15) is 42.1 Å². The fraction of sp³-hybridized carbons (Fsp3) is 0.360. The van der Waals surface area contributed by atoms with Crippen LogP contribution in [-0.2, 0) is 11.3 Å². The number of carbonyl (C=O) groups excluding carboxylic acids is 2. The number of unbranched alkanes of at least 4 members (excludes halogenated alkanes) is 2. The second-order valence-corrected chi connectivity index (χ2v) is 8.49. The molecule has 178 valence electrons. The number of halogens is 1. The van der Waals surface area contributed by atoms with Gasteiger partial charge in [-0.2, -0.15) is 0 Å². The third kappa shape index (κ3) is 4.78. The standard InChI is InChI=1S/C25H27FN4O4/c1-2-3-6-11-28-12-13-29(16-22(28)31)24(33)19-14-17(9-10-20(19)26)15-30-21-8-5-4-7-18(21)23(32)27-25(30)34/h4-5,7-10,14H,2-3,6,11-13,15-16H2,1H3,(H,27,32,34). The molecular formula is C25H27FN4O4. The number of para-hydroxylation sites is 1. The van der Waals surface area contributed by atoms with E-state index in [2.05, 4.69) is 11.9 Å². The molecule has 1 aromatic heterocycles. The number of benzene rings is 2. The SMILES string of the molecule is CCCCCN1CCN(C(=O)c2cc(Cn3c(=O)[nH]c(=O)c4ccccc43)ccc2F)CC1=O. The Balaban J connectivity index is 1.55. The van der Waals surface area contributed by atoms with E-state index in [9.17, 15) is 23.6 Å². The van der Waals surface area contributed by atoms with E-state index in [4.69, 9.17) is 0 Å². The molecule has 1 aliphatic heterocycles. The summed E-state index contributed by atoms with van der Waals surface area (Å²) in [7, 11) is 0. The van der Waals surface area contributed by atoms with Crippen molar-refractivity contribution in [1.29, 1.82) is 0 Å². The lowest BCUT2D eigenvalue weighted by molar-refractivity contribution is -0.135. The minimum atomic E-state index is -0.690. The molecule has 34 heavy (non-hydrogen) atoms. The van der Waals surface area contributed by atoms with E-state index in [-0.39, 0.29) is 24.6 Å². The molecule has 0 saturated carbocycles. The van der Waals surface area contributed by atoms with Crippen molar-refractivity contribution in [3.05, 3.63) is 80.2 Å². The monoisotopic (exact) mass is 466 g/mol. The number of aromatic amines is 1. The second-order valence-electron chi connectivity index (χ2n) is 8.49. The maximum atomic E-state index is 14.6. The zero-order valence-electron chi connectivity index (χ0n) is 19.1. The summed E-state index contributed by atoms with van der Waals surface area (Å²) in [5, 5.41) is 0.357. The fourth-order valence-corrected chi connectivity index (χ4v) is 4.26. The average molecular weight is 467 g/mol. The molecule has 3 aromatic rings. The maximum Gasteiger partial charge on any atom is 0.329 e. The summed E-state index contributed by atoms with van der Waals surface area (Å²) in [5.41, 5.74) is -0.255. The third-order valence-electron chi connectivity index (χ3n) is 6.14. The highest BCUT2D eigenvalue weighted by Crippen LogP contribution is 2.17. The highest BCUT2D eigenvalue weighted by atomic mass is 19.1. The number of nitrogens with zero attached hydrogens (tertiary/aromatic N) is 3. The van der Waals surface area contributed by atoms with E-state index in [1.54, 1.807) is 29.2 Å². The second kappa shape index (κ2) is 10.0. The van der Waals surface area contributed by atoms with Crippen molar-refractivity contribution in [2.24, 2.45) is 0 Å². The predicted octanol–water partition coefficient (Wildman–Crippen LogP) is 2.35. The maximum absolute atomic E-state index is 14.6. The van der Waals surface area contributed by atoms with Gasteiger partial charge in [-0.1, -0.05) is 38.0 Å². The van der Waals surface area contributed by atoms with Gasteiger partial charge in [0.25, 0.3) is 11.5 Å². The highest BCUT2D eigenvalue weighted by molar-refractivity contribution is 5.97. The summed E-state index contributed by atoms with van der Waals surface area (Å²) in [6.07, 6.45) is 3.02. The van der Waals surface area contributed by atoms with Crippen LogP contribution in [0.5, 0.6) is 0 Å². The summed E-state index contributed by atoms with van der Waals surface area (Å²) in [5.74, 6) is -1.39. The summed E-state index contributed by atoms with van der Waals surface area (Å²) >= 11 is 0. The molecule has 2 amide bonds. The molecule has 0 unspecified atom stereocenters. The van der Waals surface area contributed by atoms with E-state index < -0.39 is 23.0 Å². The van der Waals surface area contributed by atoms with Crippen molar-refractivity contribution in [1.82, 2.24) is 19.4 Å². The number of hydrogen-bond donors (Lipinski definition) is 1. The van der Waals surface area contributed by atoms with E-state index in [1.165, 1.54) is 27.7 Å². The molecule has 4 rings (SSSR count). The number of nitrogens with one attached hydrogen (secondary N) is 1. The van der Waals surface area contributed by atoms with Crippen LogP contribution < -0.4 is 11.2 Å². The zero-order valence-corrected chi connectivity index (χ0v) is 19.1. The quantitative estimate of drug-likeness (QED) is 0.541. The number of aromatic nitrogens is 2. The lowest BCUT2D eigenvalue weighted by Gasteiger charge is -2.34. The van der Waals surface area contributed by atoms with Crippen LogP contribution in [-0.4, -0.2) is 57.3 Å². The number of hydrogen-bond acceptors (Lipinski definition) is 4. The number of piperazine rings is 1. The largest absolute Gasteiger partial charge is 0.339 e. The number of H-pyrrole nitrogens is 1. The zero-order chi connectivity index (χ0) is 24.2. The Labute approximate surface area is 195 Å². The first-order valence-electron chi connectivity index (χ1n) is 11.5. The Morgan fingerprint density at radius 1 is 1.06 bits per heavy atom. The van der Waals surface area contributed by atoms with Gasteiger partial charge in [-0.15, -0.1) is 0 Å². The molecular weight excluding hydrogens is 439 g/mol. The summed E-state index contributed by atoms with van der Waals surface area (Å²) in [6.45, 7) is 3.48. The summed E-state index contributed by atoms with van der Waals surface area (Å²) in [4.78, 5) is 55.5. The van der Waals surface area contributed by atoms with E-state index in [1.807, 2.05) is 0 Å². The Morgan fingerprint density at radius 3 is 2.62 bits per heavy atom. The Kier molecular flexibility index (Phi) is 6.90. The molecule has 0 radical (unpaired) electrons. The van der Waals surface area contributed by atoms with Crippen molar-refractivity contribution in [2.45, 2.75) is 32.7 Å². The number of rotatable bonds is 7. The molecule has 9 heteroatoms. The first-order valence-corrected chi connectivity index (χ1v) is 11.5. The molecule has 2 aromatic carbocycles. The van der Waals surface area contributed by atoms with E-state index in [0.29, 0.717) is 36.1 Å². The Bertz CT molecular complexity index is 1350. The Hall–Kier alpha value is -3.75. The molecule has 0 aliphatic carbocycles.